The van der Waals surface area contributed by atoms with Gasteiger partial charge < -0.3 is 25.3 Å². The molecule has 0 spiro atoms. The summed E-state index contributed by atoms with van der Waals surface area (Å²) in [5.41, 5.74) is 7.50. The van der Waals surface area contributed by atoms with E-state index in [-0.39, 0.29) is 42.4 Å². The van der Waals surface area contributed by atoms with Gasteiger partial charge in [-0.1, -0.05) is 12.1 Å². The van der Waals surface area contributed by atoms with Gasteiger partial charge in [-0.15, -0.1) is 24.0 Å². The predicted molar refractivity (Wildman–Crippen MR) is 118 cm³/mol. The molecule has 29 heavy (non-hydrogen) atoms. The SMILES string of the molecule is COc1ccc(CCNC(N)=NCc2cccnc2OCC(F)F)cc1OC.I. The Hall–Kier alpha value is -2.37. The van der Waals surface area contributed by atoms with Crippen LogP contribution in [0.5, 0.6) is 17.4 Å². The number of hydrogen-bond acceptors (Lipinski definition) is 5. The standard InChI is InChI=1S/C19H24F2N4O3.HI/c1-26-15-6-5-13(10-16(15)27-2)7-9-24-19(22)25-11-14-4-3-8-23-18(14)28-12-17(20)21;/h3-6,8,10,17H,7,9,11-12H2,1-2H3,(H3,22,24,25);1H. The topological polar surface area (TPSA) is 91.0 Å². The number of ether oxygens (including phenoxy) is 3. The van der Waals surface area contributed by atoms with Crippen molar-refractivity contribution in [2.24, 2.45) is 10.7 Å². The first-order valence-corrected chi connectivity index (χ1v) is 8.63. The monoisotopic (exact) mass is 522 g/mol. The fourth-order valence-electron chi connectivity index (χ4n) is 2.41. The van der Waals surface area contributed by atoms with Crippen molar-refractivity contribution in [3.63, 3.8) is 0 Å². The summed E-state index contributed by atoms with van der Waals surface area (Å²) in [5, 5.41) is 3.01. The second-order valence-electron chi connectivity index (χ2n) is 5.74. The number of guanidine groups is 1. The Morgan fingerprint density at radius 3 is 2.66 bits per heavy atom. The molecule has 1 aromatic carbocycles. The fraction of sp³-hybridized carbons (Fsp3) is 0.368. The molecule has 0 unspecified atom stereocenters. The van der Waals surface area contributed by atoms with Crippen molar-refractivity contribution >= 4 is 29.9 Å². The average Bonchev–Trinajstić information content (AvgIpc) is 2.71. The summed E-state index contributed by atoms with van der Waals surface area (Å²) in [6.45, 7) is 0.0149. The smallest absolute Gasteiger partial charge is 0.272 e. The van der Waals surface area contributed by atoms with Crippen LogP contribution in [0.25, 0.3) is 0 Å². The van der Waals surface area contributed by atoms with Crippen LogP contribution in [0, 0.1) is 0 Å². The van der Waals surface area contributed by atoms with E-state index in [1.165, 1.54) is 6.20 Å². The number of aliphatic imine (C=N–C) groups is 1. The highest BCUT2D eigenvalue weighted by molar-refractivity contribution is 14.0. The summed E-state index contributed by atoms with van der Waals surface area (Å²) < 4.78 is 40.1. The summed E-state index contributed by atoms with van der Waals surface area (Å²) in [5.74, 6) is 1.70. The maximum absolute atomic E-state index is 12.3. The second kappa shape index (κ2) is 13.0. The van der Waals surface area contributed by atoms with E-state index in [4.69, 9.17) is 19.9 Å². The molecule has 160 valence electrons. The van der Waals surface area contributed by atoms with Crippen LogP contribution in [0.2, 0.25) is 0 Å². The van der Waals surface area contributed by atoms with Crippen LogP contribution < -0.4 is 25.3 Å². The van der Waals surface area contributed by atoms with Crippen LogP contribution in [-0.2, 0) is 13.0 Å². The Bertz CT molecular complexity index is 794. The van der Waals surface area contributed by atoms with E-state index in [9.17, 15) is 8.78 Å². The van der Waals surface area contributed by atoms with Crippen molar-refractivity contribution in [1.82, 2.24) is 10.3 Å². The molecule has 1 aromatic heterocycles. The average molecular weight is 522 g/mol. The first kappa shape index (κ1) is 24.7. The van der Waals surface area contributed by atoms with Gasteiger partial charge in [0.25, 0.3) is 6.43 Å². The lowest BCUT2D eigenvalue weighted by atomic mass is 10.1. The third-order valence-corrected chi connectivity index (χ3v) is 3.78. The maximum atomic E-state index is 12.3. The zero-order chi connectivity index (χ0) is 20.4. The largest absolute Gasteiger partial charge is 0.493 e. The predicted octanol–water partition coefficient (Wildman–Crippen LogP) is 3.01. The number of halogens is 3. The highest BCUT2D eigenvalue weighted by atomic mass is 127. The molecule has 0 atom stereocenters. The first-order chi connectivity index (χ1) is 13.5. The Morgan fingerprint density at radius 1 is 1.21 bits per heavy atom. The summed E-state index contributed by atoms with van der Waals surface area (Å²) in [7, 11) is 3.17. The summed E-state index contributed by atoms with van der Waals surface area (Å²) in [6.07, 6.45) is -0.396. The highest BCUT2D eigenvalue weighted by Crippen LogP contribution is 2.27. The van der Waals surface area contributed by atoms with Crippen LogP contribution in [0.1, 0.15) is 11.1 Å². The molecule has 0 radical (unpaired) electrons. The van der Waals surface area contributed by atoms with Gasteiger partial charge in [-0.2, -0.15) is 0 Å². The molecule has 2 aromatic rings. The van der Waals surface area contributed by atoms with Gasteiger partial charge in [0.05, 0.1) is 20.8 Å². The number of aromatic nitrogens is 1. The van der Waals surface area contributed by atoms with Crippen molar-refractivity contribution in [3.05, 3.63) is 47.7 Å². The van der Waals surface area contributed by atoms with E-state index in [0.29, 0.717) is 30.0 Å². The van der Waals surface area contributed by atoms with E-state index in [2.05, 4.69) is 15.3 Å². The van der Waals surface area contributed by atoms with Gasteiger partial charge in [0.2, 0.25) is 5.88 Å². The molecule has 0 saturated carbocycles. The molecule has 3 N–H and O–H groups in total. The molecule has 0 amide bonds. The Labute approximate surface area is 185 Å². The number of methoxy groups -OCH3 is 2. The molecule has 7 nitrogen and oxygen atoms in total. The Balaban J connectivity index is 0.00000420. The zero-order valence-corrected chi connectivity index (χ0v) is 18.6. The quantitative estimate of drug-likeness (QED) is 0.283. The number of nitrogens with two attached hydrogens (primary N) is 1. The number of rotatable bonds is 10. The molecule has 0 aliphatic rings. The molecule has 0 aliphatic carbocycles. The first-order valence-electron chi connectivity index (χ1n) is 8.63. The molecule has 0 bridgehead atoms. The molecule has 2 rings (SSSR count). The normalized spacial score (nSPS) is 11.0. The van der Waals surface area contributed by atoms with Crippen LogP contribution in [-0.4, -0.2) is 44.7 Å². The van der Waals surface area contributed by atoms with E-state index in [0.717, 1.165) is 5.56 Å². The van der Waals surface area contributed by atoms with E-state index >= 15 is 0 Å². The number of pyridine rings is 1. The van der Waals surface area contributed by atoms with E-state index in [1.807, 2.05) is 18.2 Å². The lowest BCUT2D eigenvalue weighted by molar-refractivity contribution is 0.0791. The van der Waals surface area contributed by atoms with Crippen molar-refractivity contribution in [3.8, 4) is 17.4 Å². The van der Waals surface area contributed by atoms with Crippen molar-refractivity contribution in [2.45, 2.75) is 19.4 Å². The number of benzene rings is 1. The third kappa shape index (κ3) is 8.26. The van der Waals surface area contributed by atoms with Crippen LogP contribution in [0.3, 0.4) is 0 Å². The molecule has 0 fully saturated rings. The zero-order valence-electron chi connectivity index (χ0n) is 16.2. The van der Waals surface area contributed by atoms with Crippen molar-refractivity contribution < 1.29 is 23.0 Å². The lowest BCUT2D eigenvalue weighted by Gasteiger charge is -2.11. The minimum absolute atomic E-state index is 0. The number of nitrogens with one attached hydrogen (secondary N) is 1. The fourth-order valence-corrected chi connectivity index (χ4v) is 2.41. The number of alkyl halides is 2. The Morgan fingerprint density at radius 2 is 1.97 bits per heavy atom. The van der Waals surface area contributed by atoms with Crippen LogP contribution in [0.4, 0.5) is 8.78 Å². The molecule has 1 heterocycles. The summed E-state index contributed by atoms with van der Waals surface area (Å²) >= 11 is 0. The van der Waals surface area contributed by atoms with Crippen molar-refractivity contribution in [2.75, 3.05) is 27.4 Å². The van der Waals surface area contributed by atoms with Gasteiger partial charge in [0, 0.05) is 18.3 Å². The van der Waals surface area contributed by atoms with Gasteiger partial charge >= 0.3 is 0 Å². The summed E-state index contributed by atoms with van der Waals surface area (Å²) in [4.78, 5) is 8.16. The van der Waals surface area contributed by atoms with Gasteiger partial charge in [-0.25, -0.2) is 18.8 Å². The van der Waals surface area contributed by atoms with Gasteiger partial charge in [0.15, 0.2) is 24.1 Å². The van der Waals surface area contributed by atoms with Crippen molar-refractivity contribution in [1.29, 1.82) is 0 Å². The number of nitrogens with zero attached hydrogens (tertiary/aromatic N) is 2. The minimum atomic E-state index is -2.57. The molecule has 10 heteroatoms. The lowest BCUT2D eigenvalue weighted by Crippen LogP contribution is -2.33. The molecule has 0 saturated heterocycles. The summed E-state index contributed by atoms with van der Waals surface area (Å²) in [6, 6.07) is 9.07. The molecule has 0 aliphatic heterocycles. The van der Waals surface area contributed by atoms with Gasteiger partial charge in [-0.3, -0.25) is 0 Å². The van der Waals surface area contributed by atoms with Crippen LogP contribution in [0.15, 0.2) is 41.5 Å². The Kier molecular flexibility index (Phi) is 11.0. The molecular weight excluding hydrogens is 497 g/mol. The van der Waals surface area contributed by atoms with Gasteiger partial charge in [0.1, 0.15) is 0 Å². The molecular formula is C19H25F2IN4O3. The number of hydrogen-bond donors (Lipinski definition) is 2. The van der Waals surface area contributed by atoms with Gasteiger partial charge in [-0.05, 0) is 30.2 Å². The third-order valence-electron chi connectivity index (χ3n) is 3.78. The van der Waals surface area contributed by atoms with E-state index < -0.39 is 13.0 Å². The van der Waals surface area contributed by atoms with E-state index in [1.54, 1.807) is 26.4 Å². The minimum Gasteiger partial charge on any atom is -0.493 e. The second-order valence-corrected chi connectivity index (χ2v) is 5.74. The highest BCUT2D eigenvalue weighted by Gasteiger charge is 2.09. The van der Waals surface area contributed by atoms with Crippen LogP contribution >= 0.6 is 24.0 Å². The maximum Gasteiger partial charge on any atom is 0.272 e.